The van der Waals surface area contributed by atoms with E-state index in [-0.39, 0.29) is 6.61 Å². The summed E-state index contributed by atoms with van der Waals surface area (Å²) in [5.41, 5.74) is -1.37. The number of alkyl halides is 1. The van der Waals surface area contributed by atoms with Crippen molar-refractivity contribution < 1.29 is 36.1 Å². The molecule has 1 atom stereocenters. The third-order valence-electron chi connectivity index (χ3n) is 2.44. The zero-order valence-electron chi connectivity index (χ0n) is 8.39. The standard InChI is InChI=1S/C6H12F2O6P2/c1-15(9)11-2-6(5(7)14-15)3-12-16(8,10)13-4-6/h5,9,15H,2-4H2,1H3. The Bertz CT molecular complexity index is 325. The molecule has 0 aliphatic carbocycles. The minimum atomic E-state index is -4.57. The molecule has 2 saturated heterocycles. The number of rotatable bonds is 0. The van der Waals surface area contributed by atoms with E-state index in [2.05, 4.69) is 13.6 Å². The van der Waals surface area contributed by atoms with Crippen molar-refractivity contribution >= 4 is 15.8 Å². The van der Waals surface area contributed by atoms with Gasteiger partial charge >= 0.3 is 90.2 Å². The van der Waals surface area contributed by atoms with Crippen LogP contribution in [0.25, 0.3) is 0 Å². The molecule has 1 spiro atoms. The number of hydrogen-bond donors (Lipinski definition) is 1. The number of halogens is 2. The van der Waals surface area contributed by atoms with Crippen molar-refractivity contribution in [2.45, 2.75) is 6.36 Å². The summed E-state index contributed by atoms with van der Waals surface area (Å²) in [4.78, 5) is 9.41. The van der Waals surface area contributed by atoms with Crippen LogP contribution >= 0.6 is 15.8 Å². The van der Waals surface area contributed by atoms with Crippen LogP contribution < -0.4 is 0 Å². The van der Waals surface area contributed by atoms with E-state index in [4.69, 9.17) is 4.52 Å². The van der Waals surface area contributed by atoms with Crippen LogP contribution in [0.2, 0.25) is 0 Å². The van der Waals surface area contributed by atoms with Crippen LogP contribution in [0.5, 0.6) is 0 Å². The average Bonchev–Trinajstić information content (AvgIpc) is 2.15. The molecule has 6 nitrogen and oxygen atoms in total. The fraction of sp³-hybridized carbons (Fsp3) is 1.00. The SMILES string of the molecule is C[PH]1(O)OCC2(COP(=O)(F)OC2)C(F)O1. The second kappa shape index (κ2) is 3.92. The molecule has 0 radical (unpaired) electrons. The quantitative estimate of drug-likeness (QED) is 0.679. The maximum atomic E-state index is 13.7. The van der Waals surface area contributed by atoms with Crippen molar-refractivity contribution in [1.29, 1.82) is 0 Å². The van der Waals surface area contributed by atoms with Gasteiger partial charge in [0.05, 0.1) is 0 Å². The predicted octanol–water partition coefficient (Wildman–Crippen LogP) is 1.56. The summed E-state index contributed by atoms with van der Waals surface area (Å²) in [6.45, 7) is 0.0727. The zero-order valence-corrected chi connectivity index (χ0v) is 10.3. The molecule has 0 saturated carbocycles. The van der Waals surface area contributed by atoms with Crippen LogP contribution in [-0.4, -0.2) is 37.7 Å². The molecular formula is C6H12F2O6P2. The fourth-order valence-electron chi connectivity index (χ4n) is 1.40. The van der Waals surface area contributed by atoms with Crippen LogP contribution in [0, 0.1) is 5.41 Å². The summed E-state index contributed by atoms with van der Waals surface area (Å²) in [6.07, 6.45) is -1.90. The summed E-state index contributed by atoms with van der Waals surface area (Å²) >= 11 is 0. The van der Waals surface area contributed by atoms with E-state index < -0.39 is 40.8 Å². The maximum absolute atomic E-state index is 13.7. The Hall–Kier alpha value is 0.320. The first-order chi connectivity index (χ1) is 7.25. The van der Waals surface area contributed by atoms with Crippen LogP contribution in [0.4, 0.5) is 8.59 Å². The second-order valence-corrected chi connectivity index (χ2v) is 7.66. The van der Waals surface area contributed by atoms with E-state index in [9.17, 15) is 18.0 Å². The Kier molecular flexibility index (Phi) is 3.13. The van der Waals surface area contributed by atoms with Crippen molar-refractivity contribution in [3.8, 4) is 0 Å². The zero-order chi connectivity index (χ0) is 12.0. The first-order valence-corrected chi connectivity index (χ1v) is 8.22. The van der Waals surface area contributed by atoms with Crippen molar-refractivity contribution in [3.05, 3.63) is 0 Å². The van der Waals surface area contributed by atoms with Gasteiger partial charge < -0.3 is 0 Å². The molecule has 96 valence electrons. The Morgan fingerprint density at radius 3 is 2.50 bits per heavy atom. The van der Waals surface area contributed by atoms with Crippen LogP contribution in [0.15, 0.2) is 0 Å². The Labute approximate surface area is 91.1 Å². The molecule has 2 heterocycles. The van der Waals surface area contributed by atoms with Gasteiger partial charge in [0.25, 0.3) is 0 Å². The molecule has 10 heteroatoms. The topological polar surface area (TPSA) is 74.2 Å². The van der Waals surface area contributed by atoms with Gasteiger partial charge in [-0.15, -0.1) is 0 Å². The molecule has 0 aromatic rings. The third kappa shape index (κ3) is 2.43. The second-order valence-electron chi connectivity index (χ2n) is 3.96. The van der Waals surface area contributed by atoms with Crippen molar-refractivity contribution in [3.63, 3.8) is 0 Å². The van der Waals surface area contributed by atoms with Gasteiger partial charge in [-0.2, -0.15) is 0 Å². The average molecular weight is 280 g/mol. The normalized spacial score (nSPS) is 50.1. The summed E-state index contributed by atoms with van der Waals surface area (Å²) in [7, 11) is -8.02. The van der Waals surface area contributed by atoms with Crippen molar-refractivity contribution in [2.75, 3.05) is 26.5 Å². The van der Waals surface area contributed by atoms with E-state index in [1.165, 1.54) is 6.66 Å². The summed E-state index contributed by atoms with van der Waals surface area (Å²) in [5, 5.41) is 0. The first kappa shape index (κ1) is 12.8. The number of hydrogen-bond acceptors (Lipinski definition) is 6. The van der Waals surface area contributed by atoms with Gasteiger partial charge in [-0.3, -0.25) is 0 Å². The van der Waals surface area contributed by atoms with Gasteiger partial charge in [-0.05, 0) is 0 Å². The summed E-state index contributed by atoms with van der Waals surface area (Å²) < 4.78 is 55.4. The molecule has 2 aliphatic rings. The molecule has 2 aliphatic heterocycles. The van der Waals surface area contributed by atoms with Crippen molar-refractivity contribution in [2.24, 2.45) is 5.41 Å². The van der Waals surface area contributed by atoms with E-state index in [0.717, 1.165) is 0 Å². The fourth-order valence-corrected chi connectivity index (χ4v) is 3.55. The monoisotopic (exact) mass is 280 g/mol. The van der Waals surface area contributed by atoms with E-state index in [0.29, 0.717) is 0 Å². The van der Waals surface area contributed by atoms with E-state index in [1.54, 1.807) is 0 Å². The van der Waals surface area contributed by atoms with E-state index in [1.807, 2.05) is 0 Å². The van der Waals surface area contributed by atoms with Gasteiger partial charge in [-0.25, -0.2) is 0 Å². The van der Waals surface area contributed by atoms with Crippen molar-refractivity contribution in [1.82, 2.24) is 0 Å². The van der Waals surface area contributed by atoms with Crippen LogP contribution in [0.1, 0.15) is 0 Å². The molecule has 16 heavy (non-hydrogen) atoms. The van der Waals surface area contributed by atoms with Crippen LogP contribution in [-0.2, 0) is 22.7 Å². The van der Waals surface area contributed by atoms with Gasteiger partial charge in [0.15, 0.2) is 0 Å². The van der Waals surface area contributed by atoms with Gasteiger partial charge in [0.1, 0.15) is 0 Å². The molecule has 2 fully saturated rings. The molecule has 0 bridgehead atoms. The first-order valence-electron chi connectivity index (χ1n) is 4.52. The molecule has 0 aromatic heterocycles. The molecular weight excluding hydrogens is 268 g/mol. The van der Waals surface area contributed by atoms with Gasteiger partial charge in [0.2, 0.25) is 0 Å². The molecule has 0 aromatic carbocycles. The Balaban J connectivity index is 2.08. The van der Waals surface area contributed by atoms with Gasteiger partial charge in [-0.1, -0.05) is 0 Å². The molecule has 1 unspecified atom stereocenters. The Morgan fingerprint density at radius 1 is 1.44 bits per heavy atom. The minimum absolute atomic E-state index is 0.229. The summed E-state index contributed by atoms with van der Waals surface area (Å²) in [6, 6.07) is 0. The van der Waals surface area contributed by atoms with E-state index >= 15 is 0 Å². The molecule has 1 N–H and O–H groups in total. The van der Waals surface area contributed by atoms with Crippen LogP contribution in [0.3, 0.4) is 0 Å². The molecule has 2 rings (SSSR count). The Morgan fingerprint density at radius 2 is 2.00 bits per heavy atom. The third-order valence-corrected chi connectivity index (χ3v) is 4.64. The predicted molar refractivity (Wildman–Crippen MR) is 51.4 cm³/mol. The van der Waals surface area contributed by atoms with Gasteiger partial charge in [0, 0.05) is 0 Å². The molecule has 0 amide bonds. The summed E-state index contributed by atoms with van der Waals surface area (Å²) in [5.74, 6) is 0.